The number of urea groups is 1. The number of pyridine rings is 1. The van der Waals surface area contributed by atoms with Gasteiger partial charge in [-0.05, 0) is 38.8 Å². The van der Waals surface area contributed by atoms with Crippen molar-refractivity contribution in [2.24, 2.45) is 0 Å². The summed E-state index contributed by atoms with van der Waals surface area (Å²) in [5.41, 5.74) is 1.07. The number of nitrogens with one attached hydrogen (secondary N) is 2. The SMILES string of the molecule is Cc1ccc(NC(=O)NC2(C(=O)O)CC2)c(C)n1. The first-order valence-corrected chi connectivity index (χ1v) is 5.70. The minimum absolute atomic E-state index is 0.473. The predicted molar refractivity (Wildman–Crippen MR) is 65.5 cm³/mol. The monoisotopic (exact) mass is 249 g/mol. The second kappa shape index (κ2) is 4.29. The summed E-state index contributed by atoms with van der Waals surface area (Å²) in [4.78, 5) is 26.8. The Bertz CT molecular complexity index is 509. The maximum atomic E-state index is 11.7. The number of carboxylic acid groups (broad SMARTS) is 1. The van der Waals surface area contributed by atoms with Crippen LogP contribution in [0.5, 0.6) is 0 Å². The molecule has 0 aromatic carbocycles. The molecule has 0 unspecified atom stereocenters. The second-order valence-electron chi connectivity index (χ2n) is 4.55. The van der Waals surface area contributed by atoms with Crippen molar-refractivity contribution in [3.05, 3.63) is 23.5 Å². The molecule has 2 rings (SSSR count). The Morgan fingerprint density at radius 1 is 1.33 bits per heavy atom. The first kappa shape index (κ1) is 12.3. The number of carbonyl (C=O) groups excluding carboxylic acids is 1. The van der Waals surface area contributed by atoms with Crippen molar-refractivity contribution in [1.82, 2.24) is 10.3 Å². The van der Waals surface area contributed by atoms with Crippen molar-refractivity contribution in [2.75, 3.05) is 5.32 Å². The van der Waals surface area contributed by atoms with Gasteiger partial charge in [-0.2, -0.15) is 0 Å². The molecule has 1 saturated carbocycles. The summed E-state index contributed by atoms with van der Waals surface area (Å²) in [6, 6.07) is 3.02. The Balaban J connectivity index is 2.02. The topological polar surface area (TPSA) is 91.3 Å². The lowest BCUT2D eigenvalue weighted by molar-refractivity contribution is -0.140. The van der Waals surface area contributed by atoms with Gasteiger partial charge < -0.3 is 15.7 Å². The number of nitrogens with zero attached hydrogens (tertiary/aromatic N) is 1. The Morgan fingerprint density at radius 3 is 2.50 bits per heavy atom. The molecular formula is C12H15N3O3. The molecule has 18 heavy (non-hydrogen) atoms. The summed E-state index contributed by atoms with van der Waals surface area (Å²) < 4.78 is 0. The van der Waals surface area contributed by atoms with Crippen LogP contribution in [0.2, 0.25) is 0 Å². The van der Waals surface area contributed by atoms with Gasteiger partial charge in [0.05, 0.1) is 11.4 Å². The Kier molecular flexibility index (Phi) is 2.94. The molecule has 1 aliphatic rings. The van der Waals surface area contributed by atoms with Gasteiger partial charge in [-0.1, -0.05) is 0 Å². The van der Waals surface area contributed by atoms with Crippen LogP contribution in [-0.2, 0) is 4.79 Å². The number of hydrogen-bond donors (Lipinski definition) is 3. The van der Waals surface area contributed by atoms with Crippen LogP contribution in [0.3, 0.4) is 0 Å². The second-order valence-corrected chi connectivity index (χ2v) is 4.55. The van der Waals surface area contributed by atoms with Crippen molar-refractivity contribution in [1.29, 1.82) is 0 Å². The number of anilines is 1. The van der Waals surface area contributed by atoms with Crippen molar-refractivity contribution in [2.45, 2.75) is 32.2 Å². The highest BCUT2D eigenvalue weighted by molar-refractivity contribution is 5.95. The summed E-state index contributed by atoms with van der Waals surface area (Å²) in [6.45, 7) is 3.65. The van der Waals surface area contributed by atoms with Crippen LogP contribution in [0.1, 0.15) is 24.2 Å². The molecule has 0 atom stereocenters. The maximum absolute atomic E-state index is 11.7. The number of carbonyl (C=O) groups is 2. The maximum Gasteiger partial charge on any atom is 0.329 e. The van der Waals surface area contributed by atoms with Crippen LogP contribution in [-0.4, -0.2) is 27.6 Å². The van der Waals surface area contributed by atoms with Crippen LogP contribution < -0.4 is 10.6 Å². The lowest BCUT2D eigenvalue weighted by Crippen LogP contribution is -2.45. The number of amides is 2. The van der Waals surface area contributed by atoms with E-state index in [0.29, 0.717) is 24.2 Å². The van der Waals surface area contributed by atoms with Gasteiger partial charge >= 0.3 is 12.0 Å². The average molecular weight is 249 g/mol. The number of hydrogen-bond acceptors (Lipinski definition) is 3. The zero-order valence-electron chi connectivity index (χ0n) is 10.3. The molecule has 3 N–H and O–H groups in total. The van der Waals surface area contributed by atoms with E-state index in [1.807, 2.05) is 6.92 Å². The molecule has 1 aliphatic carbocycles. The van der Waals surface area contributed by atoms with E-state index >= 15 is 0 Å². The zero-order chi connectivity index (χ0) is 13.3. The normalized spacial score (nSPS) is 15.9. The minimum Gasteiger partial charge on any atom is -0.480 e. The van der Waals surface area contributed by atoms with E-state index in [1.165, 1.54) is 0 Å². The molecule has 0 saturated heterocycles. The third-order valence-corrected chi connectivity index (χ3v) is 2.99. The summed E-state index contributed by atoms with van der Waals surface area (Å²) in [7, 11) is 0. The van der Waals surface area contributed by atoms with Gasteiger partial charge in [0.15, 0.2) is 0 Å². The average Bonchev–Trinajstić information content (AvgIpc) is 3.03. The standard InChI is InChI=1S/C12H15N3O3/c1-7-3-4-9(8(2)13-7)14-11(18)15-12(5-6-12)10(16)17/h3-4H,5-6H2,1-2H3,(H,16,17)(H2,14,15,18). The fourth-order valence-corrected chi connectivity index (χ4v) is 1.71. The first-order chi connectivity index (χ1) is 8.43. The van der Waals surface area contributed by atoms with Crippen molar-refractivity contribution < 1.29 is 14.7 Å². The minimum atomic E-state index is -1.07. The molecule has 96 valence electrons. The number of aliphatic carboxylic acids is 1. The zero-order valence-corrected chi connectivity index (χ0v) is 10.3. The van der Waals surface area contributed by atoms with E-state index in [1.54, 1.807) is 19.1 Å². The van der Waals surface area contributed by atoms with Gasteiger partial charge in [-0.3, -0.25) is 4.98 Å². The van der Waals surface area contributed by atoms with E-state index in [9.17, 15) is 9.59 Å². The number of aromatic nitrogens is 1. The molecule has 6 heteroatoms. The number of carboxylic acids is 1. The van der Waals surface area contributed by atoms with Gasteiger partial charge in [0.25, 0.3) is 0 Å². The smallest absolute Gasteiger partial charge is 0.329 e. The highest BCUT2D eigenvalue weighted by Gasteiger charge is 2.51. The molecule has 6 nitrogen and oxygen atoms in total. The van der Waals surface area contributed by atoms with Gasteiger partial charge in [-0.25, -0.2) is 9.59 Å². The van der Waals surface area contributed by atoms with Crippen molar-refractivity contribution >= 4 is 17.7 Å². The van der Waals surface area contributed by atoms with E-state index in [2.05, 4.69) is 15.6 Å². The highest BCUT2D eigenvalue weighted by Crippen LogP contribution is 2.35. The van der Waals surface area contributed by atoms with Crippen molar-refractivity contribution in [3.63, 3.8) is 0 Å². The van der Waals surface area contributed by atoms with Gasteiger partial charge in [0.1, 0.15) is 5.54 Å². The number of aryl methyl sites for hydroxylation is 2. The largest absolute Gasteiger partial charge is 0.480 e. The van der Waals surface area contributed by atoms with Crippen LogP contribution in [0.25, 0.3) is 0 Å². The van der Waals surface area contributed by atoms with Crippen LogP contribution in [0.15, 0.2) is 12.1 Å². The third-order valence-electron chi connectivity index (χ3n) is 2.99. The summed E-state index contributed by atoms with van der Waals surface area (Å²) in [5, 5.41) is 14.0. The van der Waals surface area contributed by atoms with E-state index in [-0.39, 0.29) is 0 Å². The molecular weight excluding hydrogens is 234 g/mol. The molecule has 0 aliphatic heterocycles. The summed E-state index contributed by atoms with van der Waals surface area (Å²) in [6.07, 6.45) is 0.946. The molecule has 1 heterocycles. The fraction of sp³-hybridized carbons (Fsp3) is 0.417. The van der Waals surface area contributed by atoms with E-state index in [0.717, 1.165) is 5.69 Å². The molecule has 2 amide bonds. The lowest BCUT2D eigenvalue weighted by atomic mass is 10.2. The quantitative estimate of drug-likeness (QED) is 0.755. The van der Waals surface area contributed by atoms with E-state index < -0.39 is 17.5 Å². The van der Waals surface area contributed by atoms with Gasteiger partial charge in [0.2, 0.25) is 0 Å². The lowest BCUT2D eigenvalue weighted by Gasteiger charge is -2.14. The Morgan fingerprint density at radius 2 is 2.00 bits per heavy atom. The third kappa shape index (κ3) is 2.42. The van der Waals surface area contributed by atoms with Crippen LogP contribution in [0.4, 0.5) is 10.5 Å². The van der Waals surface area contributed by atoms with Gasteiger partial charge in [0, 0.05) is 5.69 Å². The Hall–Kier alpha value is -2.11. The van der Waals surface area contributed by atoms with Crippen LogP contribution in [0, 0.1) is 13.8 Å². The molecule has 0 radical (unpaired) electrons. The van der Waals surface area contributed by atoms with Gasteiger partial charge in [-0.15, -0.1) is 0 Å². The molecule has 1 fully saturated rings. The summed E-state index contributed by atoms with van der Waals surface area (Å²) >= 11 is 0. The molecule has 0 bridgehead atoms. The number of rotatable bonds is 3. The molecule has 1 aromatic rings. The molecule has 0 spiro atoms. The first-order valence-electron chi connectivity index (χ1n) is 5.70. The van der Waals surface area contributed by atoms with Crippen LogP contribution >= 0.6 is 0 Å². The Labute approximate surface area is 104 Å². The fourth-order valence-electron chi connectivity index (χ4n) is 1.71. The molecule has 1 aromatic heterocycles. The van der Waals surface area contributed by atoms with E-state index in [4.69, 9.17) is 5.11 Å². The summed E-state index contributed by atoms with van der Waals surface area (Å²) in [5.74, 6) is -0.989. The highest BCUT2D eigenvalue weighted by atomic mass is 16.4. The van der Waals surface area contributed by atoms with Crippen molar-refractivity contribution in [3.8, 4) is 0 Å². The predicted octanol–water partition coefficient (Wildman–Crippen LogP) is 1.44.